The van der Waals surface area contributed by atoms with Crippen LogP contribution >= 0.6 is 0 Å². The third kappa shape index (κ3) is 2.12. The maximum atomic E-state index is 12.3. The second-order valence-corrected chi connectivity index (χ2v) is 5.85. The molecule has 0 aromatic heterocycles. The van der Waals surface area contributed by atoms with Crippen molar-refractivity contribution >= 4 is 28.2 Å². The van der Waals surface area contributed by atoms with Crippen LogP contribution < -0.4 is 9.80 Å². The molecule has 0 saturated carbocycles. The van der Waals surface area contributed by atoms with Crippen molar-refractivity contribution in [3.63, 3.8) is 0 Å². The van der Waals surface area contributed by atoms with Gasteiger partial charge in [0.25, 0.3) is 0 Å². The maximum absolute atomic E-state index is 12.3. The minimum absolute atomic E-state index is 0.0295. The van der Waals surface area contributed by atoms with Gasteiger partial charge >= 0.3 is 6.03 Å². The fourth-order valence-corrected chi connectivity index (χ4v) is 3.13. The van der Waals surface area contributed by atoms with E-state index in [-0.39, 0.29) is 6.03 Å². The van der Waals surface area contributed by atoms with Gasteiger partial charge in [-0.2, -0.15) is 0 Å². The Balaban J connectivity index is 1.93. The van der Waals surface area contributed by atoms with Crippen molar-refractivity contribution in [1.29, 1.82) is 0 Å². The average Bonchev–Trinajstić information content (AvgIpc) is 2.63. The highest BCUT2D eigenvalue weighted by Crippen LogP contribution is 2.40. The summed E-state index contributed by atoms with van der Waals surface area (Å²) in [6.45, 7) is 0. The quantitative estimate of drug-likeness (QED) is 0.569. The van der Waals surface area contributed by atoms with Gasteiger partial charge in [-0.05, 0) is 30.3 Å². The van der Waals surface area contributed by atoms with E-state index in [1.165, 1.54) is 0 Å². The molecule has 0 N–H and O–H groups in total. The largest absolute Gasteiger partial charge is 0.328 e. The number of rotatable bonds is 0. The van der Waals surface area contributed by atoms with Gasteiger partial charge in [0.1, 0.15) is 0 Å². The molecule has 0 radical (unpaired) electrons. The molecule has 1 aliphatic rings. The smallest absolute Gasteiger partial charge is 0.296 e. The van der Waals surface area contributed by atoms with Crippen LogP contribution in [0.5, 0.6) is 0 Å². The number of carbonyl (C=O) groups excluding carboxylic acids is 1. The van der Waals surface area contributed by atoms with Gasteiger partial charge in [0.05, 0.1) is 11.4 Å². The van der Waals surface area contributed by atoms with E-state index in [1.54, 1.807) is 23.9 Å². The first-order valence-corrected chi connectivity index (χ1v) is 7.81. The highest BCUT2D eigenvalue weighted by molar-refractivity contribution is 6.20. The Morgan fingerprint density at radius 3 is 2.21 bits per heavy atom. The summed E-state index contributed by atoms with van der Waals surface area (Å²) in [5, 5.41) is 2.14. The van der Waals surface area contributed by atoms with Gasteiger partial charge in [0.15, 0.2) is 0 Å². The first kappa shape index (κ1) is 14.3. The summed E-state index contributed by atoms with van der Waals surface area (Å²) in [5.74, 6) is 6.49. The molecule has 0 saturated heterocycles. The summed E-state index contributed by atoms with van der Waals surface area (Å²) in [6, 6.07) is 19.9. The molecule has 0 bridgehead atoms. The molecule has 3 aromatic carbocycles. The molecule has 1 heterocycles. The first-order chi connectivity index (χ1) is 11.7. The Bertz CT molecular complexity index is 994. The Labute approximate surface area is 141 Å². The third-order valence-corrected chi connectivity index (χ3v) is 4.41. The van der Waals surface area contributed by atoms with Crippen LogP contribution in [0.3, 0.4) is 0 Å². The van der Waals surface area contributed by atoms with E-state index in [2.05, 4.69) is 17.9 Å². The molecule has 3 nitrogen and oxygen atoms in total. The number of urea groups is 1. The monoisotopic (exact) mass is 312 g/mol. The van der Waals surface area contributed by atoms with Crippen molar-refractivity contribution in [2.45, 2.75) is 0 Å². The molecule has 1 aliphatic heterocycles. The van der Waals surface area contributed by atoms with E-state index in [0.29, 0.717) is 0 Å². The minimum Gasteiger partial charge on any atom is -0.296 e. The van der Waals surface area contributed by atoms with Crippen molar-refractivity contribution in [2.24, 2.45) is 0 Å². The zero-order chi connectivity index (χ0) is 16.7. The lowest BCUT2D eigenvalue weighted by atomic mass is 9.99. The summed E-state index contributed by atoms with van der Waals surface area (Å²) in [7, 11) is 3.61. The number of anilines is 2. The van der Waals surface area contributed by atoms with Crippen molar-refractivity contribution in [3.05, 3.63) is 71.8 Å². The number of carbonyl (C=O) groups is 1. The highest BCUT2D eigenvalue weighted by Gasteiger charge is 2.27. The van der Waals surface area contributed by atoms with Crippen molar-refractivity contribution < 1.29 is 4.79 Å². The molecule has 0 unspecified atom stereocenters. The highest BCUT2D eigenvalue weighted by atomic mass is 16.2. The normalized spacial score (nSPS) is 13.0. The number of nitrogens with zero attached hydrogens (tertiary/aromatic N) is 2. The molecule has 3 aromatic rings. The van der Waals surface area contributed by atoms with Crippen LogP contribution in [0.15, 0.2) is 60.7 Å². The van der Waals surface area contributed by atoms with Gasteiger partial charge in [0, 0.05) is 36.0 Å². The van der Waals surface area contributed by atoms with Crippen LogP contribution in [0, 0.1) is 11.8 Å². The van der Waals surface area contributed by atoms with Gasteiger partial charge in [-0.3, -0.25) is 9.80 Å². The summed E-state index contributed by atoms with van der Waals surface area (Å²) in [6.07, 6.45) is 0. The molecule has 0 spiro atoms. The van der Waals surface area contributed by atoms with E-state index >= 15 is 0 Å². The molecule has 24 heavy (non-hydrogen) atoms. The van der Waals surface area contributed by atoms with Gasteiger partial charge in [-0.25, -0.2) is 4.79 Å². The Morgan fingerprint density at radius 2 is 1.46 bits per heavy atom. The lowest BCUT2D eigenvalue weighted by molar-refractivity contribution is 0.253. The van der Waals surface area contributed by atoms with E-state index in [9.17, 15) is 4.79 Å². The van der Waals surface area contributed by atoms with Crippen LogP contribution in [-0.4, -0.2) is 20.1 Å². The fourth-order valence-electron chi connectivity index (χ4n) is 3.13. The van der Waals surface area contributed by atoms with Crippen LogP contribution in [0.4, 0.5) is 16.2 Å². The van der Waals surface area contributed by atoms with Crippen molar-refractivity contribution in [2.75, 3.05) is 23.9 Å². The van der Waals surface area contributed by atoms with Crippen LogP contribution in [0.1, 0.15) is 11.1 Å². The second-order valence-electron chi connectivity index (χ2n) is 5.85. The molecule has 2 amide bonds. The molecule has 3 heteroatoms. The summed E-state index contributed by atoms with van der Waals surface area (Å²) in [5.41, 5.74) is 3.81. The molecule has 4 rings (SSSR count). The van der Waals surface area contributed by atoms with Gasteiger partial charge in [0.2, 0.25) is 0 Å². The third-order valence-electron chi connectivity index (χ3n) is 4.41. The molecule has 0 aliphatic carbocycles. The predicted molar refractivity (Wildman–Crippen MR) is 98.6 cm³/mol. The van der Waals surface area contributed by atoms with Gasteiger partial charge in [-0.1, -0.05) is 42.2 Å². The summed E-state index contributed by atoms with van der Waals surface area (Å²) in [4.78, 5) is 15.7. The Morgan fingerprint density at radius 1 is 0.750 bits per heavy atom. The predicted octanol–water partition coefficient (Wildman–Crippen LogP) is 4.25. The molecular weight excluding hydrogens is 296 g/mol. The molecule has 116 valence electrons. The molecule has 0 atom stereocenters. The minimum atomic E-state index is -0.0295. The summed E-state index contributed by atoms with van der Waals surface area (Å²) >= 11 is 0. The lowest BCUT2D eigenvalue weighted by Gasteiger charge is -2.32. The van der Waals surface area contributed by atoms with Crippen LogP contribution in [-0.2, 0) is 0 Å². The molecule has 0 fully saturated rings. The lowest BCUT2D eigenvalue weighted by Crippen LogP contribution is -2.41. The fraction of sp³-hybridized carbons (Fsp3) is 0.0952. The Kier molecular flexibility index (Phi) is 3.25. The Hall–Kier alpha value is -3.25. The zero-order valence-corrected chi connectivity index (χ0v) is 13.6. The topological polar surface area (TPSA) is 23.6 Å². The van der Waals surface area contributed by atoms with Crippen molar-refractivity contribution in [3.8, 4) is 11.8 Å². The van der Waals surface area contributed by atoms with E-state index in [0.717, 1.165) is 33.3 Å². The van der Waals surface area contributed by atoms with E-state index in [4.69, 9.17) is 0 Å². The van der Waals surface area contributed by atoms with Crippen molar-refractivity contribution in [1.82, 2.24) is 0 Å². The molecular formula is C21H16N2O. The van der Waals surface area contributed by atoms with Gasteiger partial charge in [-0.15, -0.1) is 0 Å². The maximum Gasteiger partial charge on any atom is 0.328 e. The van der Waals surface area contributed by atoms with Crippen LogP contribution in [0.25, 0.3) is 10.8 Å². The SMILES string of the molecule is CN1C(=O)N(C)c2ccc(C#Cc3ccccc3)c3cccc1c23. The van der Waals surface area contributed by atoms with E-state index in [1.807, 2.05) is 54.6 Å². The standard InChI is InChI=1S/C21H16N2O/c1-22-18-10-6-9-17-16(12-11-15-7-4-3-5-8-15)13-14-19(20(17)18)23(2)21(22)24/h3-10,13-14H,1-2H3. The van der Waals surface area contributed by atoms with Gasteiger partial charge < -0.3 is 0 Å². The average molecular weight is 312 g/mol. The number of amides is 2. The number of hydrogen-bond acceptors (Lipinski definition) is 1. The second kappa shape index (κ2) is 5.43. The number of hydrogen-bond donors (Lipinski definition) is 0. The number of benzene rings is 3. The van der Waals surface area contributed by atoms with Crippen LogP contribution in [0.2, 0.25) is 0 Å². The zero-order valence-electron chi connectivity index (χ0n) is 13.6. The van der Waals surface area contributed by atoms with E-state index < -0.39 is 0 Å². The summed E-state index contributed by atoms with van der Waals surface area (Å²) < 4.78 is 0. The first-order valence-electron chi connectivity index (χ1n) is 7.81.